The van der Waals surface area contributed by atoms with E-state index in [4.69, 9.17) is 0 Å². The zero-order valence-electron chi connectivity index (χ0n) is 11.6. The number of carbonyl (C=O) groups is 1. The second-order valence-corrected chi connectivity index (χ2v) is 6.26. The van der Waals surface area contributed by atoms with Crippen LogP contribution in [0.1, 0.15) is 30.6 Å². The van der Waals surface area contributed by atoms with Crippen LogP contribution in [0.5, 0.6) is 0 Å². The summed E-state index contributed by atoms with van der Waals surface area (Å²) in [4.78, 5) is 18.7. The molecule has 0 aromatic carbocycles. The molecule has 1 unspecified atom stereocenters. The summed E-state index contributed by atoms with van der Waals surface area (Å²) in [5.74, 6) is 1.95. The highest BCUT2D eigenvalue weighted by Crippen LogP contribution is 2.27. The molecule has 0 saturated carbocycles. The quantitative estimate of drug-likeness (QED) is 0.929. The van der Waals surface area contributed by atoms with E-state index in [9.17, 15) is 4.79 Å². The predicted octanol–water partition coefficient (Wildman–Crippen LogP) is 3.00. The number of likely N-dealkylation sites (tertiary alicyclic amines) is 1. The lowest BCUT2D eigenvalue weighted by Crippen LogP contribution is -2.30. The summed E-state index contributed by atoms with van der Waals surface area (Å²) in [6, 6.07) is 1.84. The van der Waals surface area contributed by atoms with Crippen molar-refractivity contribution in [3.05, 3.63) is 22.3 Å². The van der Waals surface area contributed by atoms with Gasteiger partial charge in [0, 0.05) is 30.8 Å². The van der Waals surface area contributed by atoms with Crippen LogP contribution in [-0.2, 0) is 0 Å². The topological polar surface area (TPSA) is 45.2 Å². The van der Waals surface area contributed by atoms with Crippen LogP contribution < -0.4 is 5.32 Å². The number of hydrogen-bond donors (Lipinski definition) is 1. The van der Waals surface area contributed by atoms with Crippen molar-refractivity contribution in [2.75, 3.05) is 25.5 Å². The maximum atomic E-state index is 12.6. The van der Waals surface area contributed by atoms with Gasteiger partial charge in [-0.25, -0.2) is 4.98 Å². The first kappa shape index (κ1) is 14.3. The van der Waals surface area contributed by atoms with E-state index >= 15 is 0 Å². The molecule has 104 valence electrons. The molecule has 1 atom stereocenters. The number of aromatic nitrogens is 1. The van der Waals surface area contributed by atoms with Crippen molar-refractivity contribution < 1.29 is 4.79 Å². The summed E-state index contributed by atoms with van der Waals surface area (Å²) in [6.07, 6.45) is 2.79. The standard InChI is InChI=1S/C14H20BrN3O/c1-9(2)10-4-5-18(8-10)14(19)12-6-11(15)7-17-13(12)16-3/h6-7,9-10H,4-5,8H2,1-3H3,(H,16,17). The molecule has 1 aliphatic rings. The average Bonchev–Trinajstić information content (AvgIpc) is 2.87. The number of carbonyl (C=O) groups excluding carboxylic acids is 1. The summed E-state index contributed by atoms with van der Waals surface area (Å²) >= 11 is 3.38. The maximum absolute atomic E-state index is 12.6. The summed E-state index contributed by atoms with van der Waals surface area (Å²) in [7, 11) is 1.79. The summed E-state index contributed by atoms with van der Waals surface area (Å²) in [5.41, 5.74) is 0.640. The van der Waals surface area contributed by atoms with Crippen LogP contribution in [0.2, 0.25) is 0 Å². The van der Waals surface area contributed by atoms with Gasteiger partial charge in [0.1, 0.15) is 5.82 Å². The fourth-order valence-electron chi connectivity index (χ4n) is 2.49. The monoisotopic (exact) mass is 325 g/mol. The van der Waals surface area contributed by atoms with E-state index in [1.54, 1.807) is 13.2 Å². The van der Waals surface area contributed by atoms with Crippen molar-refractivity contribution in [3.8, 4) is 0 Å². The summed E-state index contributed by atoms with van der Waals surface area (Å²) in [5, 5.41) is 2.98. The molecule has 1 saturated heterocycles. The molecule has 19 heavy (non-hydrogen) atoms. The number of rotatable bonds is 3. The Morgan fingerprint density at radius 3 is 2.89 bits per heavy atom. The van der Waals surface area contributed by atoms with Crippen molar-refractivity contribution in [2.45, 2.75) is 20.3 Å². The second-order valence-electron chi connectivity index (χ2n) is 5.34. The Bertz CT molecular complexity index is 476. The highest BCUT2D eigenvalue weighted by atomic mass is 79.9. The molecule has 5 heteroatoms. The Morgan fingerprint density at radius 2 is 2.32 bits per heavy atom. The molecule has 4 nitrogen and oxygen atoms in total. The molecule has 0 radical (unpaired) electrons. The fraction of sp³-hybridized carbons (Fsp3) is 0.571. The van der Waals surface area contributed by atoms with Crippen LogP contribution in [0.25, 0.3) is 0 Å². The van der Waals surface area contributed by atoms with Crippen molar-refractivity contribution >= 4 is 27.7 Å². The molecule has 1 amide bonds. The van der Waals surface area contributed by atoms with Gasteiger partial charge in [-0.15, -0.1) is 0 Å². The van der Waals surface area contributed by atoms with Crippen molar-refractivity contribution in [1.82, 2.24) is 9.88 Å². The van der Waals surface area contributed by atoms with Crippen molar-refractivity contribution in [3.63, 3.8) is 0 Å². The van der Waals surface area contributed by atoms with Gasteiger partial charge in [-0.3, -0.25) is 4.79 Å². The zero-order valence-corrected chi connectivity index (χ0v) is 13.2. The van der Waals surface area contributed by atoms with Gasteiger partial charge in [-0.1, -0.05) is 13.8 Å². The lowest BCUT2D eigenvalue weighted by Gasteiger charge is -2.19. The molecule has 1 aliphatic heterocycles. The summed E-state index contributed by atoms with van der Waals surface area (Å²) < 4.78 is 0.828. The Kier molecular flexibility index (Phi) is 4.45. The number of halogens is 1. The number of nitrogens with one attached hydrogen (secondary N) is 1. The molecule has 0 aliphatic carbocycles. The third-order valence-electron chi connectivity index (χ3n) is 3.78. The van der Waals surface area contributed by atoms with Crippen LogP contribution in [0.3, 0.4) is 0 Å². The van der Waals surface area contributed by atoms with Crippen LogP contribution in [0, 0.1) is 11.8 Å². The van der Waals surface area contributed by atoms with Gasteiger partial charge in [0.15, 0.2) is 0 Å². The average molecular weight is 326 g/mol. The highest BCUT2D eigenvalue weighted by Gasteiger charge is 2.29. The molecule has 2 rings (SSSR count). The van der Waals surface area contributed by atoms with E-state index in [1.165, 1.54) is 0 Å². The lowest BCUT2D eigenvalue weighted by molar-refractivity contribution is 0.0784. The van der Waals surface area contributed by atoms with Gasteiger partial charge >= 0.3 is 0 Å². The number of pyridine rings is 1. The van der Waals surface area contributed by atoms with Crippen LogP contribution in [0.15, 0.2) is 16.7 Å². The largest absolute Gasteiger partial charge is 0.372 e. The minimum Gasteiger partial charge on any atom is -0.372 e. The van der Waals surface area contributed by atoms with Gasteiger partial charge in [-0.2, -0.15) is 0 Å². The Morgan fingerprint density at radius 1 is 1.58 bits per heavy atom. The third-order valence-corrected chi connectivity index (χ3v) is 4.21. The van der Waals surface area contributed by atoms with Crippen LogP contribution in [-0.4, -0.2) is 35.9 Å². The smallest absolute Gasteiger partial charge is 0.257 e. The van der Waals surface area contributed by atoms with Gasteiger partial charge in [0.2, 0.25) is 0 Å². The predicted molar refractivity (Wildman–Crippen MR) is 80.3 cm³/mol. The van der Waals surface area contributed by atoms with Gasteiger partial charge in [0.25, 0.3) is 5.91 Å². The fourth-order valence-corrected chi connectivity index (χ4v) is 2.82. The molecule has 1 aromatic rings. The Hall–Kier alpha value is -1.10. The number of amides is 1. The van der Waals surface area contributed by atoms with Crippen molar-refractivity contribution in [2.24, 2.45) is 11.8 Å². The van der Waals surface area contributed by atoms with Crippen LogP contribution >= 0.6 is 15.9 Å². The second kappa shape index (κ2) is 5.90. The lowest BCUT2D eigenvalue weighted by atomic mass is 9.95. The SMILES string of the molecule is CNc1ncc(Br)cc1C(=O)N1CCC(C(C)C)C1. The Balaban J connectivity index is 2.19. The molecule has 0 bridgehead atoms. The maximum Gasteiger partial charge on any atom is 0.257 e. The molecule has 0 spiro atoms. The molecule has 2 heterocycles. The number of nitrogens with zero attached hydrogens (tertiary/aromatic N) is 2. The normalized spacial score (nSPS) is 19.0. The van der Waals surface area contributed by atoms with Gasteiger partial charge in [0.05, 0.1) is 5.56 Å². The first-order chi connectivity index (χ1) is 9.02. The zero-order chi connectivity index (χ0) is 14.0. The number of anilines is 1. The van der Waals surface area contributed by atoms with Crippen molar-refractivity contribution in [1.29, 1.82) is 0 Å². The first-order valence-electron chi connectivity index (χ1n) is 6.65. The van der Waals surface area contributed by atoms with E-state index in [1.807, 2.05) is 11.0 Å². The summed E-state index contributed by atoms with van der Waals surface area (Å²) in [6.45, 7) is 6.14. The minimum absolute atomic E-state index is 0.0706. The molecule has 1 aromatic heterocycles. The van der Waals surface area contributed by atoms with Crippen LogP contribution in [0.4, 0.5) is 5.82 Å². The van der Waals surface area contributed by atoms with E-state index < -0.39 is 0 Å². The minimum atomic E-state index is 0.0706. The van der Waals surface area contributed by atoms with E-state index in [0.29, 0.717) is 23.2 Å². The molecular weight excluding hydrogens is 306 g/mol. The van der Waals surface area contributed by atoms with Gasteiger partial charge < -0.3 is 10.2 Å². The Labute approximate surface area is 122 Å². The molecular formula is C14H20BrN3O. The van der Waals surface area contributed by atoms with E-state index in [-0.39, 0.29) is 5.91 Å². The molecule has 1 N–H and O–H groups in total. The third kappa shape index (κ3) is 3.08. The van der Waals surface area contributed by atoms with E-state index in [0.717, 1.165) is 24.0 Å². The molecule has 1 fully saturated rings. The highest BCUT2D eigenvalue weighted by molar-refractivity contribution is 9.10. The van der Waals surface area contributed by atoms with E-state index in [2.05, 4.69) is 40.1 Å². The first-order valence-corrected chi connectivity index (χ1v) is 7.44. The number of hydrogen-bond acceptors (Lipinski definition) is 3. The van der Waals surface area contributed by atoms with Gasteiger partial charge in [-0.05, 0) is 40.3 Å².